The average molecular weight is 236 g/mol. The van der Waals surface area contributed by atoms with E-state index >= 15 is 0 Å². The van der Waals surface area contributed by atoms with Crippen molar-refractivity contribution < 1.29 is 4.79 Å². The summed E-state index contributed by atoms with van der Waals surface area (Å²) < 4.78 is 0. The summed E-state index contributed by atoms with van der Waals surface area (Å²) in [5.41, 5.74) is 0. The molecule has 2 rings (SSSR count). The predicted molar refractivity (Wildman–Crippen MR) is 72.0 cm³/mol. The molecule has 2 aliphatic rings. The second kappa shape index (κ2) is 7.18. The normalized spacial score (nSPS) is 33.3. The first-order chi connectivity index (χ1) is 8.38. The van der Waals surface area contributed by atoms with Crippen LogP contribution in [0.1, 0.15) is 83.5 Å². The zero-order chi connectivity index (χ0) is 11.9. The molecule has 0 saturated heterocycles. The first-order valence-electron chi connectivity index (χ1n) is 7.90. The molecule has 0 bridgehead atoms. The summed E-state index contributed by atoms with van der Waals surface area (Å²) in [6.07, 6.45) is 16.8. The van der Waals surface area contributed by atoms with Gasteiger partial charge in [0.05, 0.1) is 0 Å². The van der Waals surface area contributed by atoms with Crippen molar-refractivity contribution in [2.75, 3.05) is 0 Å². The minimum atomic E-state index is 0.447. The Kier molecular flexibility index (Phi) is 5.54. The van der Waals surface area contributed by atoms with Crippen molar-refractivity contribution in [2.45, 2.75) is 83.5 Å². The third-order valence-electron chi connectivity index (χ3n) is 4.82. The van der Waals surface area contributed by atoms with Crippen molar-refractivity contribution >= 4 is 5.78 Å². The summed E-state index contributed by atoms with van der Waals surface area (Å²) in [4.78, 5) is 12.3. The van der Waals surface area contributed by atoms with Crippen LogP contribution in [0.15, 0.2) is 0 Å². The van der Waals surface area contributed by atoms with E-state index in [4.69, 9.17) is 0 Å². The van der Waals surface area contributed by atoms with E-state index in [2.05, 4.69) is 0 Å². The van der Waals surface area contributed by atoms with Gasteiger partial charge >= 0.3 is 0 Å². The molecule has 2 saturated carbocycles. The summed E-state index contributed by atoms with van der Waals surface area (Å²) >= 11 is 0. The molecule has 17 heavy (non-hydrogen) atoms. The molecule has 0 radical (unpaired) electrons. The molecule has 0 spiro atoms. The van der Waals surface area contributed by atoms with Crippen molar-refractivity contribution in [1.82, 2.24) is 0 Å². The van der Waals surface area contributed by atoms with Crippen LogP contribution in [-0.2, 0) is 4.79 Å². The molecule has 0 aliphatic heterocycles. The van der Waals surface area contributed by atoms with Crippen LogP contribution in [0.4, 0.5) is 0 Å². The Hall–Kier alpha value is -0.330. The Morgan fingerprint density at radius 3 is 1.94 bits per heavy atom. The highest BCUT2D eigenvalue weighted by atomic mass is 16.1. The fourth-order valence-electron chi connectivity index (χ4n) is 3.75. The van der Waals surface area contributed by atoms with Crippen molar-refractivity contribution in [1.29, 1.82) is 0 Å². The maximum absolute atomic E-state index is 12.3. The van der Waals surface area contributed by atoms with Gasteiger partial charge in [-0.2, -0.15) is 0 Å². The first kappa shape index (κ1) is 13.1. The van der Waals surface area contributed by atoms with Crippen LogP contribution >= 0.6 is 0 Å². The molecule has 0 heterocycles. The SMILES string of the molecule is O=C1CCCCCCCCC[C@@H]2CCCC[C@@H]12. The fraction of sp³-hybridized carbons (Fsp3) is 0.938. The van der Waals surface area contributed by atoms with Gasteiger partial charge in [-0.05, 0) is 31.6 Å². The maximum Gasteiger partial charge on any atom is 0.136 e. The Balaban J connectivity index is 1.91. The molecule has 1 heteroatoms. The average Bonchev–Trinajstić information content (AvgIpc) is 2.35. The zero-order valence-corrected chi connectivity index (χ0v) is 11.3. The first-order valence-corrected chi connectivity index (χ1v) is 7.90. The van der Waals surface area contributed by atoms with Gasteiger partial charge in [0.25, 0.3) is 0 Å². The van der Waals surface area contributed by atoms with Gasteiger partial charge in [0.1, 0.15) is 5.78 Å². The molecule has 98 valence electrons. The van der Waals surface area contributed by atoms with Crippen molar-refractivity contribution in [2.24, 2.45) is 11.8 Å². The summed E-state index contributed by atoms with van der Waals surface area (Å²) in [6.45, 7) is 0. The number of hydrogen-bond acceptors (Lipinski definition) is 1. The van der Waals surface area contributed by atoms with Crippen molar-refractivity contribution in [3.8, 4) is 0 Å². The minimum Gasteiger partial charge on any atom is -0.299 e. The Bertz CT molecular complexity index is 234. The fourth-order valence-corrected chi connectivity index (χ4v) is 3.75. The molecule has 0 aromatic rings. The third-order valence-corrected chi connectivity index (χ3v) is 4.82. The van der Waals surface area contributed by atoms with E-state index in [0.717, 1.165) is 18.8 Å². The van der Waals surface area contributed by atoms with Gasteiger partial charge in [0, 0.05) is 12.3 Å². The summed E-state index contributed by atoms with van der Waals surface area (Å²) in [6, 6.07) is 0. The molecule has 0 unspecified atom stereocenters. The lowest BCUT2D eigenvalue weighted by atomic mass is 9.73. The van der Waals surface area contributed by atoms with E-state index in [1.54, 1.807) is 0 Å². The quantitative estimate of drug-likeness (QED) is 0.585. The van der Waals surface area contributed by atoms with E-state index in [-0.39, 0.29) is 0 Å². The van der Waals surface area contributed by atoms with Crippen molar-refractivity contribution in [3.63, 3.8) is 0 Å². The topological polar surface area (TPSA) is 17.1 Å². The standard InChI is InChI=1S/C16H28O/c17-16-13-7-5-3-1-2-4-6-10-14-11-8-9-12-15(14)16/h14-15H,1-13H2/t14-,15-/m1/s1. The Morgan fingerprint density at radius 1 is 0.647 bits per heavy atom. The molecule has 2 aliphatic carbocycles. The number of hydrogen-bond donors (Lipinski definition) is 0. The lowest BCUT2D eigenvalue weighted by molar-refractivity contribution is -0.125. The number of ketones is 1. The molecular weight excluding hydrogens is 208 g/mol. The van der Waals surface area contributed by atoms with E-state index in [1.165, 1.54) is 70.6 Å². The zero-order valence-electron chi connectivity index (χ0n) is 11.3. The van der Waals surface area contributed by atoms with Gasteiger partial charge in [-0.15, -0.1) is 0 Å². The molecule has 1 nitrogen and oxygen atoms in total. The predicted octanol–water partition coefficient (Wildman–Crippen LogP) is 4.89. The Morgan fingerprint density at radius 2 is 1.18 bits per heavy atom. The second-order valence-electron chi connectivity index (χ2n) is 6.13. The van der Waals surface area contributed by atoms with E-state index < -0.39 is 0 Å². The lowest BCUT2D eigenvalue weighted by Crippen LogP contribution is -2.27. The van der Waals surface area contributed by atoms with Gasteiger partial charge in [0.15, 0.2) is 0 Å². The number of carbonyl (C=O) groups is 1. The third kappa shape index (κ3) is 4.12. The van der Waals surface area contributed by atoms with Crippen LogP contribution in [0.5, 0.6) is 0 Å². The van der Waals surface area contributed by atoms with Gasteiger partial charge in [-0.25, -0.2) is 0 Å². The van der Waals surface area contributed by atoms with E-state index in [1.807, 2.05) is 0 Å². The molecule has 0 aromatic carbocycles. The highest BCUT2D eigenvalue weighted by molar-refractivity contribution is 5.81. The van der Waals surface area contributed by atoms with Gasteiger partial charge in [-0.3, -0.25) is 4.79 Å². The largest absolute Gasteiger partial charge is 0.299 e. The smallest absolute Gasteiger partial charge is 0.136 e. The van der Waals surface area contributed by atoms with Gasteiger partial charge < -0.3 is 0 Å². The number of rotatable bonds is 0. The van der Waals surface area contributed by atoms with Crippen LogP contribution in [-0.4, -0.2) is 5.78 Å². The molecule has 0 amide bonds. The van der Waals surface area contributed by atoms with Gasteiger partial charge in [-0.1, -0.05) is 51.4 Å². The highest BCUT2D eigenvalue weighted by Gasteiger charge is 2.29. The van der Waals surface area contributed by atoms with E-state index in [9.17, 15) is 4.79 Å². The van der Waals surface area contributed by atoms with Crippen LogP contribution in [0.2, 0.25) is 0 Å². The molecule has 2 atom stereocenters. The minimum absolute atomic E-state index is 0.447. The maximum atomic E-state index is 12.3. The van der Waals surface area contributed by atoms with Crippen LogP contribution in [0.25, 0.3) is 0 Å². The monoisotopic (exact) mass is 236 g/mol. The molecule has 0 N–H and O–H groups in total. The highest BCUT2D eigenvalue weighted by Crippen LogP contribution is 2.35. The summed E-state index contributed by atoms with van der Waals surface area (Å²) in [5.74, 6) is 1.80. The lowest BCUT2D eigenvalue weighted by Gasteiger charge is -2.31. The van der Waals surface area contributed by atoms with Crippen molar-refractivity contribution in [3.05, 3.63) is 0 Å². The number of carbonyl (C=O) groups excluding carboxylic acids is 1. The van der Waals surface area contributed by atoms with Crippen LogP contribution in [0, 0.1) is 11.8 Å². The molecular formula is C16H28O. The van der Waals surface area contributed by atoms with Gasteiger partial charge in [0.2, 0.25) is 0 Å². The summed E-state index contributed by atoms with van der Waals surface area (Å²) in [7, 11) is 0. The Labute approximate surface area is 106 Å². The molecule has 0 aromatic heterocycles. The molecule has 2 fully saturated rings. The van der Waals surface area contributed by atoms with Crippen LogP contribution in [0.3, 0.4) is 0 Å². The summed E-state index contributed by atoms with van der Waals surface area (Å²) in [5, 5.41) is 0. The number of fused-ring (bicyclic) bond motifs is 1. The van der Waals surface area contributed by atoms with Crippen LogP contribution < -0.4 is 0 Å². The second-order valence-corrected chi connectivity index (χ2v) is 6.13. The number of Topliss-reactive ketones (excluding diaryl/α,β-unsaturated/α-hetero) is 1. The van der Waals surface area contributed by atoms with E-state index in [0.29, 0.717) is 11.7 Å².